The Labute approximate surface area is 143 Å². The van der Waals surface area contributed by atoms with E-state index in [1.807, 2.05) is 11.8 Å². The van der Waals surface area contributed by atoms with Gasteiger partial charge in [-0.05, 0) is 30.4 Å². The molecule has 0 fully saturated rings. The van der Waals surface area contributed by atoms with Crippen LogP contribution in [-0.4, -0.2) is 14.6 Å². The molecular formula is C18H16N4OS. The number of benzene rings is 1. The molecule has 0 saturated heterocycles. The van der Waals surface area contributed by atoms with Crippen molar-refractivity contribution in [1.82, 2.24) is 14.6 Å². The van der Waals surface area contributed by atoms with Gasteiger partial charge in [-0.2, -0.15) is 5.26 Å². The number of hydrogen-bond acceptors (Lipinski definition) is 4. The second-order valence-corrected chi connectivity index (χ2v) is 7.13. The van der Waals surface area contributed by atoms with Crippen LogP contribution in [0.4, 0.5) is 0 Å². The molecule has 5 nitrogen and oxygen atoms in total. The van der Waals surface area contributed by atoms with E-state index >= 15 is 0 Å². The minimum atomic E-state index is -0.179. The normalized spacial score (nSPS) is 16.7. The molecule has 1 aromatic carbocycles. The number of aromatic amines is 1. The molecule has 0 spiro atoms. The Morgan fingerprint density at radius 2 is 2.29 bits per heavy atom. The van der Waals surface area contributed by atoms with E-state index < -0.39 is 0 Å². The minimum Gasteiger partial charge on any atom is -0.295 e. The van der Waals surface area contributed by atoms with Crippen LogP contribution in [0.25, 0.3) is 5.65 Å². The van der Waals surface area contributed by atoms with E-state index in [0.717, 1.165) is 18.5 Å². The first-order valence-corrected chi connectivity index (χ1v) is 9.00. The lowest BCUT2D eigenvalue weighted by Gasteiger charge is -2.24. The highest BCUT2D eigenvalue weighted by Crippen LogP contribution is 2.40. The second-order valence-electron chi connectivity index (χ2n) is 5.93. The SMILES string of the molecule is N#Cc1c[nH]n2c(=O)cc(CSC3CCCc4ccccc43)nc12. The Morgan fingerprint density at radius 1 is 1.42 bits per heavy atom. The van der Waals surface area contributed by atoms with Crippen LogP contribution < -0.4 is 5.56 Å². The number of aromatic nitrogens is 3. The highest BCUT2D eigenvalue weighted by molar-refractivity contribution is 7.98. The average Bonchev–Trinajstić information content (AvgIpc) is 3.03. The van der Waals surface area contributed by atoms with Crippen molar-refractivity contribution < 1.29 is 0 Å². The predicted molar refractivity (Wildman–Crippen MR) is 93.9 cm³/mol. The maximum Gasteiger partial charge on any atom is 0.272 e. The van der Waals surface area contributed by atoms with Crippen LogP contribution in [0.3, 0.4) is 0 Å². The summed E-state index contributed by atoms with van der Waals surface area (Å²) in [4.78, 5) is 16.6. The monoisotopic (exact) mass is 336 g/mol. The quantitative estimate of drug-likeness (QED) is 0.797. The number of nitrogens with one attached hydrogen (secondary N) is 1. The molecule has 2 aromatic heterocycles. The Bertz CT molecular complexity index is 998. The second kappa shape index (κ2) is 6.17. The summed E-state index contributed by atoms with van der Waals surface area (Å²) in [5.74, 6) is 0.667. The number of thioether (sulfide) groups is 1. The summed E-state index contributed by atoms with van der Waals surface area (Å²) in [6, 6.07) is 12.2. The Morgan fingerprint density at radius 3 is 3.17 bits per heavy atom. The molecular weight excluding hydrogens is 320 g/mol. The first-order valence-electron chi connectivity index (χ1n) is 7.96. The molecule has 120 valence electrons. The number of fused-ring (bicyclic) bond motifs is 2. The number of hydrogen-bond donors (Lipinski definition) is 1. The molecule has 1 atom stereocenters. The van der Waals surface area contributed by atoms with Crippen LogP contribution in [0.15, 0.2) is 41.3 Å². The highest BCUT2D eigenvalue weighted by Gasteiger charge is 2.20. The Hall–Kier alpha value is -2.52. The summed E-state index contributed by atoms with van der Waals surface area (Å²) >= 11 is 1.82. The minimum absolute atomic E-state index is 0.179. The van der Waals surface area contributed by atoms with Crippen LogP contribution in [0.5, 0.6) is 0 Å². The lowest BCUT2D eigenvalue weighted by atomic mass is 9.91. The number of nitrogens with zero attached hydrogens (tertiary/aromatic N) is 3. The molecule has 1 unspecified atom stereocenters. The third-order valence-corrected chi connectivity index (χ3v) is 5.77. The molecule has 24 heavy (non-hydrogen) atoms. The lowest BCUT2D eigenvalue weighted by molar-refractivity contribution is 0.673. The van der Waals surface area contributed by atoms with Crippen molar-refractivity contribution in [2.45, 2.75) is 30.3 Å². The fourth-order valence-corrected chi connectivity index (χ4v) is 4.52. The first-order chi connectivity index (χ1) is 11.8. The molecule has 1 N–H and O–H groups in total. The maximum atomic E-state index is 12.2. The van der Waals surface area contributed by atoms with Gasteiger partial charge in [-0.1, -0.05) is 24.3 Å². The van der Waals surface area contributed by atoms with Gasteiger partial charge in [0.1, 0.15) is 11.6 Å². The van der Waals surface area contributed by atoms with Crippen molar-refractivity contribution >= 4 is 17.4 Å². The van der Waals surface area contributed by atoms with Crippen molar-refractivity contribution in [3.05, 3.63) is 69.3 Å². The van der Waals surface area contributed by atoms with E-state index in [2.05, 4.69) is 40.4 Å². The third kappa shape index (κ3) is 2.61. The molecule has 0 radical (unpaired) electrons. The van der Waals surface area contributed by atoms with Crippen LogP contribution >= 0.6 is 11.8 Å². The van der Waals surface area contributed by atoms with Crippen molar-refractivity contribution in [3.8, 4) is 6.07 Å². The molecule has 0 aliphatic heterocycles. The molecule has 1 aliphatic carbocycles. The predicted octanol–water partition coefficient (Wildman–Crippen LogP) is 3.21. The Balaban J connectivity index is 1.60. The largest absolute Gasteiger partial charge is 0.295 e. The summed E-state index contributed by atoms with van der Waals surface area (Å²) in [6.07, 6.45) is 5.00. The summed E-state index contributed by atoms with van der Waals surface area (Å²) in [6.45, 7) is 0. The van der Waals surface area contributed by atoms with Gasteiger partial charge in [0.05, 0.1) is 5.69 Å². The fourth-order valence-electron chi connectivity index (χ4n) is 3.25. The lowest BCUT2D eigenvalue weighted by Crippen LogP contribution is -2.15. The molecule has 0 bridgehead atoms. The average molecular weight is 336 g/mol. The number of H-pyrrole nitrogens is 1. The standard InChI is InChI=1S/C18H16N4OS/c19-9-13-10-20-22-17(23)8-14(21-18(13)22)11-24-16-7-3-5-12-4-1-2-6-15(12)16/h1-2,4,6,8,10,16,20H,3,5,7,11H2. The van der Waals surface area contributed by atoms with E-state index in [1.54, 1.807) is 6.07 Å². The summed E-state index contributed by atoms with van der Waals surface area (Å²) < 4.78 is 1.31. The van der Waals surface area contributed by atoms with Crippen molar-refractivity contribution in [3.63, 3.8) is 0 Å². The van der Waals surface area contributed by atoms with Crippen LogP contribution in [0.2, 0.25) is 0 Å². The van der Waals surface area contributed by atoms with Crippen LogP contribution in [0, 0.1) is 11.3 Å². The van der Waals surface area contributed by atoms with E-state index in [0.29, 0.717) is 22.2 Å². The highest BCUT2D eigenvalue weighted by atomic mass is 32.2. The van der Waals surface area contributed by atoms with Crippen LogP contribution in [0.1, 0.15) is 40.5 Å². The van der Waals surface area contributed by atoms with E-state index in [4.69, 9.17) is 5.26 Å². The molecule has 6 heteroatoms. The molecule has 0 amide bonds. The van der Waals surface area contributed by atoms with Gasteiger partial charge >= 0.3 is 0 Å². The molecule has 1 aliphatic rings. The van der Waals surface area contributed by atoms with E-state index in [-0.39, 0.29) is 5.56 Å². The maximum absolute atomic E-state index is 12.2. The topological polar surface area (TPSA) is 73.9 Å². The van der Waals surface area contributed by atoms with Gasteiger partial charge < -0.3 is 0 Å². The van der Waals surface area contributed by atoms with Crippen molar-refractivity contribution in [1.29, 1.82) is 5.26 Å². The zero-order valence-electron chi connectivity index (χ0n) is 13.0. The zero-order chi connectivity index (χ0) is 16.5. The first kappa shape index (κ1) is 15.0. The van der Waals surface area contributed by atoms with Crippen molar-refractivity contribution in [2.24, 2.45) is 0 Å². The van der Waals surface area contributed by atoms with Gasteiger partial charge in [-0.25, -0.2) is 9.50 Å². The zero-order valence-corrected chi connectivity index (χ0v) is 13.8. The third-order valence-electron chi connectivity index (χ3n) is 4.42. The van der Waals surface area contributed by atoms with Gasteiger partial charge in [0.2, 0.25) is 0 Å². The number of nitriles is 1. The molecule has 2 heterocycles. The van der Waals surface area contributed by atoms with Gasteiger partial charge in [-0.3, -0.25) is 9.89 Å². The fraction of sp³-hybridized carbons (Fsp3) is 0.278. The number of aryl methyl sites for hydroxylation is 1. The van der Waals surface area contributed by atoms with Gasteiger partial charge in [-0.15, -0.1) is 11.8 Å². The molecule has 3 aromatic rings. The Kier molecular flexibility index (Phi) is 3.87. The van der Waals surface area contributed by atoms with E-state index in [1.165, 1.54) is 28.3 Å². The van der Waals surface area contributed by atoms with Gasteiger partial charge in [0, 0.05) is 23.3 Å². The summed E-state index contributed by atoms with van der Waals surface area (Å²) in [7, 11) is 0. The van der Waals surface area contributed by atoms with E-state index in [9.17, 15) is 4.79 Å². The smallest absolute Gasteiger partial charge is 0.272 e. The van der Waals surface area contributed by atoms with Crippen LogP contribution in [-0.2, 0) is 12.2 Å². The number of rotatable bonds is 3. The molecule has 0 saturated carbocycles. The summed E-state index contributed by atoms with van der Waals surface area (Å²) in [5.41, 5.74) is 4.19. The van der Waals surface area contributed by atoms with Gasteiger partial charge in [0.15, 0.2) is 5.65 Å². The van der Waals surface area contributed by atoms with Gasteiger partial charge in [0.25, 0.3) is 5.56 Å². The van der Waals surface area contributed by atoms with Crippen molar-refractivity contribution in [2.75, 3.05) is 0 Å². The summed E-state index contributed by atoms with van der Waals surface area (Å²) in [5, 5.41) is 12.3. The molecule has 4 rings (SSSR count).